The highest BCUT2D eigenvalue weighted by molar-refractivity contribution is 6.07. The van der Waals surface area contributed by atoms with Gasteiger partial charge in [0.15, 0.2) is 0 Å². The molecule has 3 N–H and O–H groups in total. The second kappa shape index (κ2) is 6.84. The van der Waals surface area contributed by atoms with Crippen molar-refractivity contribution in [3.05, 3.63) is 71.8 Å². The molecule has 0 spiro atoms. The maximum atomic E-state index is 11.1. The number of benzene rings is 2. The van der Waals surface area contributed by atoms with E-state index in [0.717, 1.165) is 11.3 Å². The van der Waals surface area contributed by atoms with E-state index >= 15 is 0 Å². The summed E-state index contributed by atoms with van der Waals surface area (Å²) in [6.07, 6.45) is 0. The third-order valence-corrected chi connectivity index (χ3v) is 4.23. The van der Waals surface area contributed by atoms with Crippen LogP contribution in [-0.4, -0.2) is 28.7 Å². The number of nitrogens with one attached hydrogen (secondary N) is 1. The van der Waals surface area contributed by atoms with E-state index < -0.39 is 6.03 Å². The molecule has 2 aromatic carbocycles. The van der Waals surface area contributed by atoms with Gasteiger partial charge in [0.1, 0.15) is 0 Å². The second-order valence-corrected chi connectivity index (χ2v) is 6.18. The van der Waals surface area contributed by atoms with Crippen molar-refractivity contribution in [2.75, 3.05) is 0 Å². The van der Waals surface area contributed by atoms with Crippen LogP contribution in [0.25, 0.3) is 0 Å². The fourth-order valence-electron chi connectivity index (χ4n) is 3.21. The average Bonchev–Trinajstić information content (AvgIpc) is 3.32. The van der Waals surface area contributed by atoms with Crippen LogP contribution in [0.2, 0.25) is 0 Å². The molecule has 24 heavy (non-hydrogen) atoms. The molecule has 1 saturated heterocycles. The zero-order valence-corrected chi connectivity index (χ0v) is 13.9. The first kappa shape index (κ1) is 16.2. The molecule has 5 nitrogen and oxygen atoms in total. The van der Waals surface area contributed by atoms with Gasteiger partial charge >= 0.3 is 6.03 Å². The summed E-state index contributed by atoms with van der Waals surface area (Å²) in [5.41, 5.74) is 10.7. The molecule has 5 heteroatoms. The summed E-state index contributed by atoms with van der Waals surface area (Å²) < 4.78 is 0. The van der Waals surface area contributed by atoms with E-state index in [2.05, 4.69) is 41.4 Å². The van der Waals surface area contributed by atoms with Gasteiger partial charge in [0, 0.05) is 6.04 Å². The lowest BCUT2D eigenvalue weighted by Crippen LogP contribution is -2.28. The van der Waals surface area contributed by atoms with Crippen LogP contribution < -0.4 is 11.2 Å². The minimum atomic E-state index is -0.656. The lowest BCUT2D eigenvalue weighted by molar-refractivity contribution is 0.249. The van der Waals surface area contributed by atoms with E-state index in [4.69, 9.17) is 5.73 Å². The maximum absolute atomic E-state index is 11.1. The number of carbonyl (C=O) groups is 1. The van der Waals surface area contributed by atoms with Crippen molar-refractivity contribution < 1.29 is 4.79 Å². The summed E-state index contributed by atoms with van der Waals surface area (Å²) in [5.74, 6) is 0. The lowest BCUT2D eigenvalue weighted by atomic mass is 10.0. The van der Waals surface area contributed by atoms with Crippen LogP contribution in [-0.2, 0) is 0 Å². The molecule has 0 radical (unpaired) electrons. The summed E-state index contributed by atoms with van der Waals surface area (Å²) in [5, 5.41) is 4.31. The minimum Gasteiger partial charge on any atom is -0.350 e. The molecule has 3 rings (SSSR count). The van der Waals surface area contributed by atoms with Gasteiger partial charge in [0.25, 0.3) is 0 Å². The first-order valence-electron chi connectivity index (χ1n) is 8.10. The molecule has 1 aliphatic heterocycles. The summed E-state index contributed by atoms with van der Waals surface area (Å²) in [6, 6.07) is 20.3. The van der Waals surface area contributed by atoms with Gasteiger partial charge in [-0.15, -0.1) is 0 Å². The van der Waals surface area contributed by atoms with Gasteiger partial charge in [-0.25, -0.2) is 10.2 Å². The van der Waals surface area contributed by atoms with E-state index in [-0.39, 0.29) is 12.1 Å². The van der Waals surface area contributed by atoms with Crippen LogP contribution in [0.4, 0.5) is 4.79 Å². The maximum Gasteiger partial charge on any atom is 0.332 e. The summed E-state index contributed by atoms with van der Waals surface area (Å²) in [4.78, 5) is 13.5. The molecule has 3 atom stereocenters. The number of hydrogen-bond acceptors (Lipinski definition) is 3. The molecule has 3 unspecified atom stereocenters. The smallest absolute Gasteiger partial charge is 0.332 e. The largest absolute Gasteiger partial charge is 0.350 e. The Hall–Kier alpha value is -2.66. The van der Waals surface area contributed by atoms with Gasteiger partial charge in [-0.3, -0.25) is 4.90 Å². The first-order valence-corrected chi connectivity index (χ1v) is 8.10. The Kier molecular flexibility index (Phi) is 4.62. The minimum absolute atomic E-state index is 0.113. The third kappa shape index (κ3) is 3.31. The number of rotatable bonds is 5. The molecule has 2 amide bonds. The Morgan fingerprint density at radius 3 is 2.21 bits per heavy atom. The Labute approximate surface area is 142 Å². The zero-order chi connectivity index (χ0) is 17.1. The highest BCUT2D eigenvalue weighted by Crippen LogP contribution is 2.46. The van der Waals surface area contributed by atoms with Crippen LogP contribution in [0, 0.1) is 0 Å². The number of nitrogens with zero attached hydrogens (tertiary/aromatic N) is 2. The standard InChI is InChI=1S/C19H22N4O/c1-13(2)23-17(15-11-7-4-8-12-15)18(23)16(21-22-19(20)24)14-9-5-3-6-10-14/h3-13,17-18H,1-2H3,(H3,20,22,24)/b21-16-. The van der Waals surface area contributed by atoms with Gasteiger partial charge in [-0.2, -0.15) is 5.10 Å². The van der Waals surface area contributed by atoms with Crippen LogP contribution in [0.3, 0.4) is 0 Å². The van der Waals surface area contributed by atoms with Crippen LogP contribution in [0.15, 0.2) is 65.8 Å². The van der Waals surface area contributed by atoms with Crippen molar-refractivity contribution in [1.82, 2.24) is 10.3 Å². The molecular formula is C19H22N4O. The molecule has 0 aliphatic carbocycles. The highest BCUT2D eigenvalue weighted by atomic mass is 16.2. The van der Waals surface area contributed by atoms with E-state index in [9.17, 15) is 4.79 Å². The number of hydrazone groups is 1. The molecule has 0 bridgehead atoms. The Balaban J connectivity index is 1.97. The molecule has 1 fully saturated rings. The SMILES string of the molecule is CC(C)N1C(/C(=N\NC(N)=O)c2ccccc2)C1c1ccccc1. The van der Waals surface area contributed by atoms with Gasteiger partial charge in [0.05, 0.1) is 17.8 Å². The first-order chi connectivity index (χ1) is 11.6. The van der Waals surface area contributed by atoms with Crippen LogP contribution in [0.5, 0.6) is 0 Å². The molecule has 1 heterocycles. The predicted octanol–water partition coefficient (Wildman–Crippen LogP) is 2.89. The normalized spacial score (nSPS) is 23.1. The molecule has 2 aromatic rings. The van der Waals surface area contributed by atoms with E-state index in [0.29, 0.717) is 6.04 Å². The Bertz CT molecular complexity index is 728. The summed E-state index contributed by atoms with van der Waals surface area (Å²) in [7, 11) is 0. The van der Waals surface area contributed by atoms with Crippen molar-refractivity contribution >= 4 is 11.7 Å². The number of primary amides is 1. The van der Waals surface area contributed by atoms with E-state index in [1.54, 1.807) is 0 Å². The van der Waals surface area contributed by atoms with Crippen LogP contribution >= 0.6 is 0 Å². The predicted molar refractivity (Wildman–Crippen MR) is 95.6 cm³/mol. The number of amides is 2. The third-order valence-electron chi connectivity index (χ3n) is 4.23. The highest BCUT2D eigenvalue weighted by Gasteiger charge is 2.53. The quantitative estimate of drug-likeness (QED) is 0.505. The fourth-order valence-corrected chi connectivity index (χ4v) is 3.21. The van der Waals surface area contributed by atoms with Gasteiger partial charge in [0.2, 0.25) is 0 Å². The van der Waals surface area contributed by atoms with E-state index in [1.165, 1.54) is 5.56 Å². The number of urea groups is 1. The summed E-state index contributed by atoms with van der Waals surface area (Å²) in [6.45, 7) is 4.33. The van der Waals surface area contributed by atoms with Crippen molar-refractivity contribution in [3.63, 3.8) is 0 Å². The monoisotopic (exact) mass is 322 g/mol. The van der Waals surface area contributed by atoms with Crippen molar-refractivity contribution in [2.24, 2.45) is 10.8 Å². The Morgan fingerprint density at radius 2 is 1.67 bits per heavy atom. The van der Waals surface area contributed by atoms with Crippen LogP contribution in [0.1, 0.15) is 31.0 Å². The second-order valence-electron chi connectivity index (χ2n) is 6.18. The lowest BCUT2D eigenvalue weighted by Gasteiger charge is -2.10. The number of hydrogen-bond donors (Lipinski definition) is 2. The van der Waals surface area contributed by atoms with E-state index in [1.807, 2.05) is 48.5 Å². The number of carbonyl (C=O) groups excluding carboxylic acids is 1. The van der Waals surface area contributed by atoms with Crippen molar-refractivity contribution in [1.29, 1.82) is 0 Å². The van der Waals surface area contributed by atoms with Gasteiger partial charge < -0.3 is 5.73 Å². The molecular weight excluding hydrogens is 300 g/mol. The van der Waals surface area contributed by atoms with Crippen molar-refractivity contribution in [2.45, 2.75) is 32.0 Å². The summed E-state index contributed by atoms with van der Waals surface area (Å²) >= 11 is 0. The molecule has 0 aromatic heterocycles. The van der Waals surface area contributed by atoms with Crippen molar-refractivity contribution in [3.8, 4) is 0 Å². The van der Waals surface area contributed by atoms with Gasteiger partial charge in [-0.1, -0.05) is 60.7 Å². The molecule has 0 saturated carbocycles. The molecule has 124 valence electrons. The zero-order valence-electron chi connectivity index (χ0n) is 13.9. The average molecular weight is 322 g/mol. The Morgan fingerprint density at radius 1 is 1.08 bits per heavy atom. The molecule has 1 aliphatic rings. The topological polar surface area (TPSA) is 70.5 Å². The number of nitrogens with two attached hydrogens (primary N) is 1. The fraction of sp³-hybridized carbons (Fsp3) is 0.263. The van der Waals surface area contributed by atoms with Gasteiger partial charge in [-0.05, 0) is 25.0 Å².